The number of benzene rings is 1. The van der Waals surface area contributed by atoms with E-state index in [1.54, 1.807) is 19.5 Å². The molecule has 94 valence electrons. The van der Waals surface area contributed by atoms with Crippen molar-refractivity contribution in [1.82, 2.24) is 4.98 Å². The summed E-state index contributed by atoms with van der Waals surface area (Å²) in [5, 5.41) is 0.660. The van der Waals surface area contributed by atoms with E-state index in [1.165, 1.54) is 0 Å². The van der Waals surface area contributed by atoms with Gasteiger partial charge in [0.05, 0.1) is 19.9 Å². The first-order valence-corrected chi connectivity index (χ1v) is 6.04. The van der Waals surface area contributed by atoms with Crippen LogP contribution in [0, 0.1) is 0 Å². The molecule has 2 rings (SSSR count). The molecule has 0 radical (unpaired) electrons. The molecule has 1 aromatic heterocycles. The predicted molar refractivity (Wildman–Crippen MR) is 72.4 cm³/mol. The summed E-state index contributed by atoms with van der Waals surface area (Å²) in [4.78, 5) is 4.04. The van der Waals surface area contributed by atoms with Gasteiger partial charge in [0.15, 0.2) is 0 Å². The van der Waals surface area contributed by atoms with Crippen LogP contribution in [-0.4, -0.2) is 18.7 Å². The van der Waals surface area contributed by atoms with Crippen molar-refractivity contribution in [1.29, 1.82) is 0 Å². The highest BCUT2D eigenvalue weighted by molar-refractivity contribution is 6.31. The molecule has 0 saturated heterocycles. The van der Waals surface area contributed by atoms with Gasteiger partial charge in [-0.2, -0.15) is 0 Å². The molecular formula is C14H14ClNO2. The summed E-state index contributed by atoms with van der Waals surface area (Å²) in [7, 11) is 1.62. The molecular weight excluding hydrogens is 250 g/mol. The van der Waals surface area contributed by atoms with Crippen LogP contribution in [0.2, 0.25) is 5.02 Å². The first-order chi connectivity index (χ1) is 8.76. The Hall–Kier alpha value is -1.74. The van der Waals surface area contributed by atoms with E-state index in [0.717, 1.165) is 16.9 Å². The smallest absolute Gasteiger partial charge is 0.145 e. The van der Waals surface area contributed by atoms with Crippen LogP contribution in [0.15, 0.2) is 36.7 Å². The third-order valence-corrected chi connectivity index (χ3v) is 2.77. The lowest BCUT2D eigenvalue weighted by molar-refractivity contribution is 0.341. The van der Waals surface area contributed by atoms with E-state index in [2.05, 4.69) is 4.98 Å². The lowest BCUT2D eigenvalue weighted by atomic mass is 10.1. The van der Waals surface area contributed by atoms with E-state index in [4.69, 9.17) is 21.1 Å². The van der Waals surface area contributed by atoms with Crippen molar-refractivity contribution >= 4 is 11.6 Å². The zero-order chi connectivity index (χ0) is 13.0. The highest BCUT2D eigenvalue weighted by Crippen LogP contribution is 2.37. The van der Waals surface area contributed by atoms with Crippen molar-refractivity contribution in [3.63, 3.8) is 0 Å². The van der Waals surface area contributed by atoms with E-state index >= 15 is 0 Å². The maximum Gasteiger partial charge on any atom is 0.145 e. The van der Waals surface area contributed by atoms with Gasteiger partial charge in [0, 0.05) is 22.3 Å². The monoisotopic (exact) mass is 263 g/mol. The molecule has 18 heavy (non-hydrogen) atoms. The largest absolute Gasteiger partial charge is 0.494 e. The van der Waals surface area contributed by atoms with Crippen molar-refractivity contribution in [2.24, 2.45) is 0 Å². The van der Waals surface area contributed by atoms with Gasteiger partial charge in [0.25, 0.3) is 0 Å². The van der Waals surface area contributed by atoms with Crippen molar-refractivity contribution < 1.29 is 9.47 Å². The Morgan fingerprint density at radius 1 is 1.17 bits per heavy atom. The molecule has 3 nitrogen and oxygen atoms in total. The number of halogens is 1. The summed E-state index contributed by atoms with van der Waals surface area (Å²) in [6.45, 7) is 2.55. The molecule has 1 heterocycles. The third kappa shape index (κ3) is 2.57. The minimum Gasteiger partial charge on any atom is -0.494 e. The van der Waals surface area contributed by atoms with Crippen molar-refractivity contribution in [3.8, 4) is 22.6 Å². The van der Waals surface area contributed by atoms with Crippen LogP contribution in [0.1, 0.15) is 6.92 Å². The van der Waals surface area contributed by atoms with Crippen LogP contribution in [0.25, 0.3) is 11.1 Å². The summed E-state index contributed by atoms with van der Waals surface area (Å²) in [5.41, 5.74) is 1.82. The van der Waals surface area contributed by atoms with E-state index in [0.29, 0.717) is 17.4 Å². The molecule has 0 saturated carbocycles. The summed E-state index contributed by atoms with van der Waals surface area (Å²) in [6, 6.07) is 7.42. The third-order valence-electron chi connectivity index (χ3n) is 2.54. The normalized spacial score (nSPS) is 10.2. The Morgan fingerprint density at radius 3 is 2.72 bits per heavy atom. The molecule has 2 aromatic rings. The number of pyridine rings is 1. The topological polar surface area (TPSA) is 31.4 Å². The van der Waals surface area contributed by atoms with E-state index in [1.807, 2.05) is 31.2 Å². The first kappa shape index (κ1) is 12.7. The summed E-state index contributed by atoms with van der Waals surface area (Å²) < 4.78 is 10.9. The fraction of sp³-hybridized carbons (Fsp3) is 0.214. The maximum atomic E-state index is 6.05. The Bertz CT molecular complexity index is 543. The molecule has 1 aromatic carbocycles. The Balaban J connectivity index is 2.57. The summed E-state index contributed by atoms with van der Waals surface area (Å²) in [5.74, 6) is 1.48. The Morgan fingerprint density at radius 2 is 2.00 bits per heavy atom. The number of nitrogens with zero attached hydrogens (tertiary/aromatic N) is 1. The van der Waals surface area contributed by atoms with Gasteiger partial charge < -0.3 is 9.47 Å². The van der Waals surface area contributed by atoms with Gasteiger partial charge in [-0.05, 0) is 31.2 Å². The minimum absolute atomic E-state index is 0.599. The number of aromatic nitrogens is 1. The van der Waals surface area contributed by atoms with Crippen molar-refractivity contribution in [2.45, 2.75) is 6.92 Å². The van der Waals surface area contributed by atoms with Gasteiger partial charge in [-0.15, -0.1) is 0 Å². The lowest BCUT2D eigenvalue weighted by Crippen LogP contribution is -1.96. The molecule has 0 unspecified atom stereocenters. The fourth-order valence-corrected chi connectivity index (χ4v) is 1.93. The lowest BCUT2D eigenvalue weighted by Gasteiger charge is -2.13. The number of hydrogen-bond donors (Lipinski definition) is 0. The number of hydrogen-bond acceptors (Lipinski definition) is 3. The van der Waals surface area contributed by atoms with Crippen LogP contribution >= 0.6 is 11.6 Å². The zero-order valence-electron chi connectivity index (χ0n) is 10.3. The minimum atomic E-state index is 0.599. The first-order valence-electron chi connectivity index (χ1n) is 5.67. The Kier molecular flexibility index (Phi) is 4.05. The molecule has 0 aliphatic heterocycles. The maximum absolute atomic E-state index is 6.05. The number of ether oxygens (including phenoxy) is 2. The van der Waals surface area contributed by atoms with Gasteiger partial charge >= 0.3 is 0 Å². The number of methoxy groups -OCH3 is 1. The predicted octanol–water partition coefficient (Wildman–Crippen LogP) is 3.81. The van der Waals surface area contributed by atoms with Crippen molar-refractivity contribution in [3.05, 3.63) is 41.7 Å². The molecule has 0 spiro atoms. The van der Waals surface area contributed by atoms with Gasteiger partial charge in [0.1, 0.15) is 11.5 Å². The van der Waals surface area contributed by atoms with Crippen molar-refractivity contribution in [2.75, 3.05) is 13.7 Å². The molecule has 0 aliphatic carbocycles. The van der Waals surface area contributed by atoms with Crippen LogP contribution in [0.5, 0.6) is 11.5 Å². The molecule has 0 bridgehead atoms. The van der Waals surface area contributed by atoms with Gasteiger partial charge in [-0.1, -0.05) is 11.6 Å². The van der Waals surface area contributed by atoms with Crippen LogP contribution in [0.4, 0.5) is 0 Å². The van der Waals surface area contributed by atoms with E-state index in [9.17, 15) is 0 Å². The van der Waals surface area contributed by atoms with Crippen LogP contribution < -0.4 is 9.47 Å². The quantitative estimate of drug-likeness (QED) is 0.841. The standard InChI is InChI=1S/C14H14ClNO2/c1-3-18-13-5-4-10(15)8-12(13)11-6-7-16-9-14(11)17-2/h4-9H,3H2,1-2H3. The summed E-state index contributed by atoms with van der Waals surface area (Å²) in [6.07, 6.45) is 3.39. The SMILES string of the molecule is CCOc1ccc(Cl)cc1-c1ccncc1OC. The average molecular weight is 264 g/mol. The fourth-order valence-electron chi connectivity index (χ4n) is 1.76. The second kappa shape index (κ2) is 5.74. The Labute approximate surface area is 111 Å². The average Bonchev–Trinajstić information content (AvgIpc) is 2.41. The highest BCUT2D eigenvalue weighted by Gasteiger charge is 2.11. The van der Waals surface area contributed by atoms with Gasteiger partial charge in [0.2, 0.25) is 0 Å². The highest BCUT2D eigenvalue weighted by atomic mass is 35.5. The molecule has 0 fully saturated rings. The van der Waals surface area contributed by atoms with E-state index in [-0.39, 0.29) is 0 Å². The number of rotatable bonds is 4. The zero-order valence-corrected chi connectivity index (χ0v) is 11.1. The van der Waals surface area contributed by atoms with E-state index < -0.39 is 0 Å². The molecule has 0 atom stereocenters. The molecule has 0 aliphatic rings. The van der Waals surface area contributed by atoms with Gasteiger partial charge in [-0.3, -0.25) is 4.98 Å². The molecule has 4 heteroatoms. The van der Waals surface area contributed by atoms with Gasteiger partial charge in [-0.25, -0.2) is 0 Å². The molecule has 0 amide bonds. The van der Waals surface area contributed by atoms with Crippen LogP contribution in [0.3, 0.4) is 0 Å². The summed E-state index contributed by atoms with van der Waals surface area (Å²) >= 11 is 6.05. The second-order valence-electron chi connectivity index (χ2n) is 3.65. The second-order valence-corrected chi connectivity index (χ2v) is 4.09. The van der Waals surface area contributed by atoms with Crippen LogP contribution in [-0.2, 0) is 0 Å². The molecule has 0 N–H and O–H groups in total.